The van der Waals surface area contributed by atoms with Gasteiger partial charge < -0.3 is 15.8 Å². The number of nitrogens with two attached hydrogens (primary N) is 1. The van der Waals surface area contributed by atoms with E-state index in [2.05, 4.69) is 10.3 Å². The molecule has 5 nitrogen and oxygen atoms in total. The van der Waals surface area contributed by atoms with Crippen molar-refractivity contribution in [1.29, 1.82) is 0 Å². The summed E-state index contributed by atoms with van der Waals surface area (Å²) >= 11 is 0. The molecule has 132 valence electrons. The van der Waals surface area contributed by atoms with Gasteiger partial charge in [-0.25, -0.2) is 4.98 Å². The van der Waals surface area contributed by atoms with Gasteiger partial charge in [-0.2, -0.15) is 0 Å². The molecule has 1 fully saturated rings. The third-order valence-electron chi connectivity index (χ3n) is 4.84. The third kappa shape index (κ3) is 3.82. The van der Waals surface area contributed by atoms with Gasteiger partial charge in [0.25, 0.3) is 0 Å². The minimum atomic E-state index is -0.726. The van der Waals surface area contributed by atoms with Crippen LogP contribution in [0, 0.1) is 13.8 Å². The number of amides is 1. The smallest absolute Gasteiger partial charge is 0.240 e. The zero-order chi connectivity index (χ0) is 17.9. The molecule has 1 aromatic carbocycles. The average Bonchev–Trinajstić information content (AvgIpc) is 3.05. The minimum Gasteiger partial charge on any atom is -0.438 e. The highest BCUT2D eigenvalue weighted by Crippen LogP contribution is 2.30. The molecule has 1 aliphatic carbocycles. The van der Waals surface area contributed by atoms with Crippen LogP contribution in [0.15, 0.2) is 36.5 Å². The number of hydrogen-bond donors (Lipinski definition) is 2. The molecule has 1 saturated carbocycles. The summed E-state index contributed by atoms with van der Waals surface area (Å²) in [7, 11) is 0. The molecule has 5 heteroatoms. The van der Waals surface area contributed by atoms with Crippen LogP contribution in [0.2, 0.25) is 0 Å². The Balaban J connectivity index is 1.74. The zero-order valence-electron chi connectivity index (χ0n) is 14.8. The van der Waals surface area contributed by atoms with Crippen molar-refractivity contribution in [2.45, 2.75) is 51.6 Å². The van der Waals surface area contributed by atoms with Gasteiger partial charge in [0.2, 0.25) is 11.8 Å². The van der Waals surface area contributed by atoms with Gasteiger partial charge in [0.05, 0.1) is 5.54 Å². The van der Waals surface area contributed by atoms with Gasteiger partial charge >= 0.3 is 0 Å². The Morgan fingerprint density at radius 1 is 1.20 bits per heavy atom. The van der Waals surface area contributed by atoms with Crippen molar-refractivity contribution in [3.63, 3.8) is 0 Å². The number of pyridine rings is 1. The highest BCUT2D eigenvalue weighted by atomic mass is 16.5. The van der Waals surface area contributed by atoms with E-state index < -0.39 is 5.54 Å². The fraction of sp³-hybridized carbons (Fsp3) is 0.400. The Kier molecular flexibility index (Phi) is 5.04. The summed E-state index contributed by atoms with van der Waals surface area (Å²) in [4.78, 5) is 16.8. The van der Waals surface area contributed by atoms with Crippen LogP contribution in [0.3, 0.4) is 0 Å². The standard InChI is InChI=1S/C20H25N3O2/c1-14-7-5-8-15(2)17(14)25-18-16(9-6-12-22-18)13-23-19(24)20(21)10-3-4-11-20/h5-9,12H,3-4,10-11,13,21H2,1-2H3,(H,23,24). The van der Waals surface area contributed by atoms with E-state index in [9.17, 15) is 4.79 Å². The molecule has 1 amide bonds. The maximum atomic E-state index is 12.4. The summed E-state index contributed by atoms with van der Waals surface area (Å²) in [6, 6.07) is 9.76. The molecule has 25 heavy (non-hydrogen) atoms. The predicted octanol–water partition coefficient (Wildman–Crippen LogP) is 3.38. The normalized spacial score (nSPS) is 15.8. The first-order valence-electron chi connectivity index (χ1n) is 8.75. The minimum absolute atomic E-state index is 0.0909. The Labute approximate surface area is 148 Å². The lowest BCUT2D eigenvalue weighted by molar-refractivity contribution is -0.126. The van der Waals surface area contributed by atoms with E-state index in [1.807, 2.05) is 44.2 Å². The second kappa shape index (κ2) is 7.23. The van der Waals surface area contributed by atoms with Crippen molar-refractivity contribution >= 4 is 5.91 Å². The maximum Gasteiger partial charge on any atom is 0.240 e. The van der Waals surface area contributed by atoms with Gasteiger partial charge in [0, 0.05) is 18.3 Å². The second-order valence-electron chi connectivity index (χ2n) is 6.84. The number of nitrogens with one attached hydrogen (secondary N) is 1. The van der Waals surface area contributed by atoms with Crippen LogP contribution in [0.5, 0.6) is 11.6 Å². The van der Waals surface area contributed by atoms with E-state index in [4.69, 9.17) is 10.5 Å². The number of para-hydroxylation sites is 1. The summed E-state index contributed by atoms with van der Waals surface area (Å²) in [5.74, 6) is 1.23. The van der Waals surface area contributed by atoms with Crippen molar-refractivity contribution < 1.29 is 9.53 Å². The van der Waals surface area contributed by atoms with E-state index in [-0.39, 0.29) is 5.91 Å². The average molecular weight is 339 g/mol. The van der Waals surface area contributed by atoms with Crippen molar-refractivity contribution in [2.75, 3.05) is 0 Å². The van der Waals surface area contributed by atoms with E-state index in [1.165, 1.54) is 0 Å². The molecule has 1 aliphatic rings. The zero-order valence-corrected chi connectivity index (χ0v) is 14.8. The van der Waals surface area contributed by atoms with Crippen LogP contribution < -0.4 is 15.8 Å². The van der Waals surface area contributed by atoms with Crippen LogP contribution in [0.25, 0.3) is 0 Å². The number of nitrogens with zero attached hydrogens (tertiary/aromatic N) is 1. The van der Waals surface area contributed by atoms with Crippen LogP contribution in [0.4, 0.5) is 0 Å². The van der Waals surface area contributed by atoms with Gasteiger partial charge in [-0.1, -0.05) is 37.1 Å². The van der Waals surface area contributed by atoms with Gasteiger partial charge in [-0.3, -0.25) is 4.79 Å². The van der Waals surface area contributed by atoms with E-state index >= 15 is 0 Å². The first kappa shape index (κ1) is 17.4. The van der Waals surface area contributed by atoms with Crippen molar-refractivity contribution in [2.24, 2.45) is 5.73 Å². The molecular weight excluding hydrogens is 314 g/mol. The Hall–Kier alpha value is -2.40. The summed E-state index contributed by atoms with van der Waals surface area (Å²) in [5.41, 5.74) is 8.41. The molecule has 0 bridgehead atoms. The SMILES string of the molecule is Cc1cccc(C)c1Oc1ncccc1CNC(=O)C1(N)CCCC1. The lowest BCUT2D eigenvalue weighted by Crippen LogP contribution is -2.51. The lowest BCUT2D eigenvalue weighted by Gasteiger charge is -2.22. The molecule has 0 unspecified atom stereocenters. The fourth-order valence-corrected chi connectivity index (χ4v) is 3.29. The van der Waals surface area contributed by atoms with Gasteiger partial charge in [0.1, 0.15) is 5.75 Å². The van der Waals surface area contributed by atoms with Crippen molar-refractivity contribution in [3.8, 4) is 11.6 Å². The molecule has 1 aromatic heterocycles. The van der Waals surface area contributed by atoms with Gasteiger partial charge in [-0.05, 0) is 43.9 Å². The Morgan fingerprint density at radius 3 is 2.56 bits per heavy atom. The number of rotatable bonds is 5. The molecule has 2 aromatic rings. The molecule has 3 rings (SSSR count). The number of carbonyl (C=O) groups is 1. The first-order chi connectivity index (χ1) is 12.0. The highest BCUT2D eigenvalue weighted by Gasteiger charge is 2.36. The largest absolute Gasteiger partial charge is 0.438 e. The number of benzene rings is 1. The molecule has 0 spiro atoms. The monoisotopic (exact) mass is 339 g/mol. The summed E-state index contributed by atoms with van der Waals surface area (Å²) in [6.45, 7) is 4.36. The maximum absolute atomic E-state index is 12.4. The Morgan fingerprint density at radius 2 is 1.88 bits per heavy atom. The van der Waals surface area contributed by atoms with Gasteiger partial charge in [-0.15, -0.1) is 0 Å². The summed E-state index contributed by atoms with van der Waals surface area (Å²) in [5, 5.41) is 2.95. The molecule has 0 aliphatic heterocycles. The number of ether oxygens (including phenoxy) is 1. The van der Waals surface area contributed by atoms with Crippen LogP contribution in [-0.4, -0.2) is 16.4 Å². The number of aromatic nitrogens is 1. The van der Waals surface area contributed by atoms with E-state index in [0.29, 0.717) is 12.4 Å². The van der Waals surface area contributed by atoms with Crippen LogP contribution >= 0.6 is 0 Å². The quantitative estimate of drug-likeness (QED) is 0.875. The number of carbonyl (C=O) groups excluding carboxylic acids is 1. The number of hydrogen-bond acceptors (Lipinski definition) is 4. The van der Waals surface area contributed by atoms with Crippen LogP contribution in [0.1, 0.15) is 42.4 Å². The molecular formula is C20H25N3O2. The van der Waals surface area contributed by atoms with E-state index in [1.54, 1.807) is 6.20 Å². The van der Waals surface area contributed by atoms with Gasteiger partial charge in [0.15, 0.2) is 0 Å². The van der Waals surface area contributed by atoms with Crippen molar-refractivity contribution in [1.82, 2.24) is 10.3 Å². The number of aryl methyl sites for hydroxylation is 2. The Bertz CT molecular complexity index is 747. The molecule has 0 radical (unpaired) electrons. The molecule has 1 heterocycles. The van der Waals surface area contributed by atoms with Crippen molar-refractivity contribution in [3.05, 3.63) is 53.2 Å². The molecule has 3 N–H and O–H groups in total. The topological polar surface area (TPSA) is 77.2 Å². The molecule has 0 saturated heterocycles. The second-order valence-corrected chi connectivity index (χ2v) is 6.84. The van der Waals surface area contributed by atoms with E-state index in [0.717, 1.165) is 48.1 Å². The van der Waals surface area contributed by atoms with Crippen LogP contribution in [-0.2, 0) is 11.3 Å². The predicted molar refractivity (Wildman–Crippen MR) is 97.5 cm³/mol. The first-order valence-corrected chi connectivity index (χ1v) is 8.75. The summed E-state index contributed by atoms with van der Waals surface area (Å²) in [6.07, 6.45) is 5.21. The summed E-state index contributed by atoms with van der Waals surface area (Å²) < 4.78 is 6.06. The lowest BCUT2D eigenvalue weighted by atomic mass is 9.98. The third-order valence-corrected chi connectivity index (χ3v) is 4.84. The fourth-order valence-electron chi connectivity index (χ4n) is 3.29. The highest BCUT2D eigenvalue weighted by molar-refractivity contribution is 5.86. The molecule has 0 atom stereocenters.